The number of anilines is 2. The molecule has 9 heteroatoms. The number of carbonyl (C=O) groups is 3. The van der Waals surface area contributed by atoms with Gasteiger partial charge < -0.3 is 20.1 Å². The predicted molar refractivity (Wildman–Crippen MR) is 121 cm³/mol. The van der Waals surface area contributed by atoms with Gasteiger partial charge in [-0.2, -0.15) is 0 Å². The number of benzene rings is 2. The maximum atomic E-state index is 12.8. The molecule has 0 spiro atoms. The van der Waals surface area contributed by atoms with Crippen LogP contribution in [0.3, 0.4) is 0 Å². The van der Waals surface area contributed by atoms with Gasteiger partial charge in [0, 0.05) is 16.3 Å². The summed E-state index contributed by atoms with van der Waals surface area (Å²) < 4.78 is 9.94. The lowest BCUT2D eigenvalue weighted by Crippen LogP contribution is -2.14. The number of halogens is 1. The van der Waals surface area contributed by atoms with E-state index in [4.69, 9.17) is 21.1 Å². The van der Waals surface area contributed by atoms with Crippen LogP contribution < -0.4 is 15.4 Å². The maximum Gasteiger partial charge on any atom is 0.341 e. The van der Waals surface area contributed by atoms with Crippen molar-refractivity contribution in [2.45, 2.75) is 6.92 Å². The van der Waals surface area contributed by atoms with Gasteiger partial charge in [0.1, 0.15) is 10.8 Å². The standard InChI is InChI=1S/C22H19ClN2O5S/c1-12-17(22(28)30-3)21(25-19(26)13-7-9-16(29-2)10-8-13)31-18(12)20(27)24-15-6-4-5-14(23)11-15/h4-11H,1-3H3,(H,24,27)(H,25,26). The number of esters is 1. The zero-order valence-electron chi connectivity index (χ0n) is 16.9. The Morgan fingerprint density at radius 3 is 2.29 bits per heavy atom. The van der Waals surface area contributed by atoms with E-state index in [-0.39, 0.29) is 15.4 Å². The molecule has 0 saturated heterocycles. The molecule has 0 atom stereocenters. The summed E-state index contributed by atoms with van der Waals surface area (Å²) >= 11 is 6.95. The number of carbonyl (C=O) groups excluding carboxylic acids is 3. The van der Waals surface area contributed by atoms with Crippen LogP contribution in [0.25, 0.3) is 0 Å². The Hall–Kier alpha value is -3.36. The highest BCUT2D eigenvalue weighted by Gasteiger charge is 2.26. The number of ether oxygens (including phenoxy) is 2. The highest BCUT2D eigenvalue weighted by Crippen LogP contribution is 2.34. The van der Waals surface area contributed by atoms with Crippen LogP contribution in [0, 0.1) is 6.92 Å². The van der Waals surface area contributed by atoms with Crippen molar-refractivity contribution < 1.29 is 23.9 Å². The van der Waals surface area contributed by atoms with Gasteiger partial charge in [0.05, 0.1) is 24.7 Å². The van der Waals surface area contributed by atoms with Crippen molar-refractivity contribution in [2.75, 3.05) is 24.9 Å². The Bertz CT molecular complexity index is 1140. The van der Waals surface area contributed by atoms with E-state index in [0.717, 1.165) is 11.3 Å². The summed E-state index contributed by atoms with van der Waals surface area (Å²) in [5.74, 6) is -0.907. The van der Waals surface area contributed by atoms with E-state index in [2.05, 4.69) is 10.6 Å². The van der Waals surface area contributed by atoms with E-state index in [1.54, 1.807) is 55.5 Å². The molecule has 2 N–H and O–H groups in total. The smallest absolute Gasteiger partial charge is 0.341 e. The zero-order chi connectivity index (χ0) is 22.5. The number of thiophene rings is 1. The van der Waals surface area contributed by atoms with Crippen molar-refractivity contribution in [1.29, 1.82) is 0 Å². The van der Waals surface area contributed by atoms with Gasteiger partial charge in [-0.1, -0.05) is 17.7 Å². The summed E-state index contributed by atoms with van der Waals surface area (Å²) in [7, 11) is 2.77. The first-order valence-electron chi connectivity index (χ1n) is 9.08. The molecule has 7 nitrogen and oxygen atoms in total. The lowest BCUT2D eigenvalue weighted by molar-refractivity contribution is 0.0601. The summed E-state index contributed by atoms with van der Waals surface area (Å²) in [6, 6.07) is 13.2. The molecule has 1 heterocycles. The highest BCUT2D eigenvalue weighted by molar-refractivity contribution is 7.19. The molecule has 0 aliphatic rings. The van der Waals surface area contributed by atoms with Gasteiger partial charge in [-0.05, 0) is 55.0 Å². The molecule has 31 heavy (non-hydrogen) atoms. The van der Waals surface area contributed by atoms with Gasteiger partial charge in [-0.3, -0.25) is 9.59 Å². The molecule has 0 aliphatic heterocycles. The second kappa shape index (κ2) is 9.63. The fraction of sp³-hybridized carbons (Fsp3) is 0.136. The van der Waals surface area contributed by atoms with E-state index in [1.807, 2.05) is 0 Å². The molecule has 3 rings (SSSR count). The second-order valence-electron chi connectivity index (χ2n) is 6.40. The third kappa shape index (κ3) is 5.04. The predicted octanol–water partition coefficient (Wildman–Crippen LogP) is 5.01. The molecular weight excluding hydrogens is 440 g/mol. The van der Waals surface area contributed by atoms with Gasteiger partial charge in [0.25, 0.3) is 11.8 Å². The number of nitrogens with one attached hydrogen (secondary N) is 2. The molecule has 0 unspecified atom stereocenters. The van der Waals surface area contributed by atoms with Gasteiger partial charge >= 0.3 is 5.97 Å². The molecule has 2 amide bonds. The highest BCUT2D eigenvalue weighted by atomic mass is 35.5. The molecule has 0 fully saturated rings. The molecule has 1 aromatic heterocycles. The van der Waals surface area contributed by atoms with E-state index in [1.165, 1.54) is 14.2 Å². The third-order valence-corrected chi connectivity index (χ3v) is 5.85. The van der Waals surface area contributed by atoms with Gasteiger partial charge in [-0.25, -0.2) is 4.79 Å². The quantitative estimate of drug-likeness (QED) is 0.506. The van der Waals surface area contributed by atoms with Crippen molar-refractivity contribution >= 4 is 51.4 Å². The fourth-order valence-corrected chi connectivity index (χ4v) is 4.11. The van der Waals surface area contributed by atoms with Crippen LogP contribution in [0.15, 0.2) is 48.5 Å². The average molecular weight is 459 g/mol. The van der Waals surface area contributed by atoms with Gasteiger partial charge in [0.15, 0.2) is 0 Å². The maximum absolute atomic E-state index is 12.8. The molecular formula is C22H19ClN2O5S. The molecule has 160 valence electrons. The van der Waals surface area contributed by atoms with Crippen LogP contribution >= 0.6 is 22.9 Å². The van der Waals surface area contributed by atoms with Crippen molar-refractivity contribution in [3.05, 3.63) is 75.1 Å². The Kier molecular flexibility index (Phi) is 6.94. The van der Waals surface area contributed by atoms with E-state index in [9.17, 15) is 14.4 Å². The molecule has 3 aromatic rings. The Morgan fingerprint density at radius 1 is 0.968 bits per heavy atom. The summed E-state index contributed by atoms with van der Waals surface area (Å²) in [5, 5.41) is 6.15. The van der Waals surface area contributed by atoms with Crippen LogP contribution in [-0.4, -0.2) is 32.0 Å². The van der Waals surface area contributed by atoms with Crippen LogP contribution in [0.1, 0.15) is 36.0 Å². The number of hydrogen-bond donors (Lipinski definition) is 2. The molecule has 0 radical (unpaired) electrons. The summed E-state index contributed by atoms with van der Waals surface area (Å²) in [4.78, 5) is 38.1. The average Bonchev–Trinajstić information content (AvgIpc) is 3.09. The van der Waals surface area contributed by atoms with Gasteiger partial charge in [-0.15, -0.1) is 11.3 Å². The minimum atomic E-state index is -0.652. The normalized spacial score (nSPS) is 10.3. The van der Waals surface area contributed by atoms with E-state index in [0.29, 0.717) is 27.6 Å². The van der Waals surface area contributed by atoms with Crippen molar-refractivity contribution in [3.63, 3.8) is 0 Å². The topological polar surface area (TPSA) is 93.7 Å². The molecule has 0 saturated carbocycles. The summed E-state index contributed by atoms with van der Waals surface area (Å²) in [6.07, 6.45) is 0. The first-order valence-corrected chi connectivity index (χ1v) is 10.3. The Morgan fingerprint density at radius 2 is 1.68 bits per heavy atom. The van der Waals surface area contributed by atoms with E-state index >= 15 is 0 Å². The number of hydrogen-bond acceptors (Lipinski definition) is 6. The Labute approximate surface area is 187 Å². The van der Waals surface area contributed by atoms with Crippen molar-refractivity contribution in [1.82, 2.24) is 0 Å². The van der Waals surface area contributed by atoms with Crippen LogP contribution in [-0.2, 0) is 4.74 Å². The van der Waals surface area contributed by atoms with Crippen molar-refractivity contribution in [3.8, 4) is 5.75 Å². The minimum absolute atomic E-state index is 0.130. The zero-order valence-corrected chi connectivity index (χ0v) is 18.5. The summed E-state index contributed by atoms with van der Waals surface area (Å²) in [6.45, 7) is 1.62. The summed E-state index contributed by atoms with van der Waals surface area (Å²) in [5.41, 5.74) is 1.41. The first-order chi connectivity index (χ1) is 14.8. The lowest BCUT2D eigenvalue weighted by Gasteiger charge is -2.07. The van der Waals surface area contributed by atoms with Crippen LogP contribution in [0.5, 0.6) is 5.75 Å². The molecule has 2 aromatic carbocycles. The van der Waals surface area contributed by atoms with Crippen LogP contribution in [0.4, 0.5) is 10.7 Å². The lowest BCUT2D eigenvalue weighted by atomic mass is 10.1. The molecule has 0 bridgehead atoms. The van der Waals surface area contributed by atoms with Crippen LogP contribution in [0.2, 0.25) is 5.02 Å². The SMILES string of the molecule is COC(=O)c1c(NC(=O)c2ccc(OC)cc2)sc(C(=O)Nc2cccc(Cl)c2)c1C. The largest absolute Gasteiger partial charge is 0.497 e. The van der Waals surface area contributed by atoms with Gasteiger partial charge in [0.2, 0.25) is 0 Å². The minimum Gasteiger partial charge on any atom is -0.497 e. The first kappa shape index (κ1) is 22.3. The van der Waals surface area contributed by atoms with Crippen molar-refractivity contribution in [2.24, 2.45) is 0 Å². The number of rotatable bonds is 6. The monoisotopic (exact) mass is 458 g/mol. The second-order valence-corrected chi connectivity index (χ2v) is 7.86. The Balaban J connectivity index is 1.91. The third-order valence-electron chi connectivity index (χ3n) is 4.40. The number of methoxy groups -OCH3 is 2. The fourth-order valence-electron chi connectivity index (χ4n) is 2.84. The van der Waals surface area contributed by atoms with E-state index < -0.39 is 17.8 Å². The number of amides is 2. The molecule has 0 aliphatic carbocycles.